The molecule has 1 N–H and O–H groups in total. The predicted molar refractivity (Wildman–Crippen MR) is 50.7 cm³/mol. The van der Waals surface area contributed by atoms with E-state index in [2.05, 4.69) is 10.1 Å². The van der Waals surface area contributed by atoms with Crippen molar-refractivity contribution in [3.8, 4) is 0 Å². The monoisotopic (exact) mass is 189 g/mol. The lowest BCUT2D eigenvalue weighted by molar-refractivity contribution is 0.0764. The van der Waals surface area contributed by atoms with Gasteiger partial charge in [-0.05, 0) is 6.92 Å². The molecule has 4 nitrogen and oxygen atoms in total. The van der Waals surface area contributed by atoms with E-state index in [9.17, 15) is 4.79 Å². The average molecular weight is 189 g/mol. The largest absolute Gasteiger partial charge is 0.453 e. The second-order valence-corrected chi connectivity index (χ2v) is 3.78. The number of hydrogen-bond acceptors (Lipinski definition) is 3. The standard InChI is InChI=1S/C9H19NO3/c1-7(10-8(11)13-5)9(2,3)6-12-4/h7H,6H2,1-5H3,(H,10,11). The van der Waals surface area contributed by atoms with Crippen LogP contribution < -0.4 is 5.32 Å². The number of alkyl carbamates (subject to hydrolysis) is 1. The molecule has 4 heteroatoms. The molecular weight excluding hydrogens is 170 g/mol. The van der Waals surface area contributed by atoms with Gasteiger partial charge in [-0.25, -0.2) is 4.79 Å². The van der Waals surface area contributed by atoms with Crippen LogP contribution in [0, 0.1) is 5.41 Å². The Bertz CT molecular complexity index is 168. The molecule has 0 fully saturated rings. The summed E-state index contributed by atoms with van der Waals surface area (Å²) in [5, 5.41) is 2.71. The van der Waals surface area contributed by atoms with Crippen LogP contribution in [0.3, 0.4) is 0 Å². The van der Waals surface area contributed by atoms with Crippen LogP contribution in [0.25, 0.3) is 0 Å². The number of rotatable bonds is 4. The Morgan fingerprint density at radius 1 is 1.46 bits per heavy atom. The van der Waals surface area contributed by atoms with Gasteiger partial charge in [0.25, 0.3) is 0 Å². The van der Waals surface area contributed by atoms with E-state index in [0.717, 1.165) is 0 Å². The van der Waals surface area contributed by atoms with Crippen molar-refractivity contribution in [1.29, 1.82) is 0 Å². The second kappa shape index (κ2) is 5.07. The third kappa shape index (κ3) is 4.12. The van der Waals surface area contributed by atoms with E-state index < -0.39 is 6.09 Å². The van der Waals surface area contributed by atoms with Gasteiger partial charge >= 0.3 is 6.09 Å². The lowest BCUT2D eigenvalue weighted by Crippen LogP contribution is -2.45. The minimum atomic E-state index is -0.406. The molecule has 0 saturated carbocycles. The van der Waals surface area contributed by atoms with Crippen LogP contribution in [0.4, 0.5) is 4.79 Å². The molecule has 1 unspecified atom stereocenters. The zero-order valence-corrected chi connectivity index (χ0v) is 9.01. The summed E-state index contributed by atoms with van der Waals surface area (Å²) >= 11 is 0. The smallest absolute Gasteiger partial charge is 0.407 e. The zero-order valence-electron chi connectivity index (χ0n) is 9.01. The number of methoxy groups -OCH3 is 2. The Balaban J connectivity index is 4.07. The fraction of sp³-hybridized carbons (Fsp3) is 0.889. The van der Waals surface area contributed by atoms with Crippen LogP contribution in [0.1, 0.15) is 20.8 Å². The molecule has 0 heterocycles. The molecule has 0 aliphatic carbocycles. The Morgan fingerprint density at radius 2 is 2.00 bits per heavy atom. The van der Waals surface area contributed by atoms with Gasteiger partial charge in [-0.2, -0.15) is 0 Å². The zero-order chi connectivity index (χ0) is 10.5. The van der Waals surface area contributed by atoms with Gasteiger partial charge in [0.2, 0.25) is 0 Å². The lowest BCUT2D eigenvalue weighted by atomic mass is 9.86. The van der Waals surface area contributed by atoms with Crippen LogP contribution in [-0.2, 0) is 9.47 Å². The molecule has 1 atom stereocenters. The minimum Gasteiger partial charge on any atom is -0.453 e. The van der Waals surface area contributed by atoms with Crippen molar-refractivity contribution in [2.24, 2.45) is 5.41 Å². The van der Waals surface area contributed by atoms with E-state index in [0.29, 0.717) is 6.61 Å². The number of carbonyl (C=O) groups excluding carboxylic acids is 1. The molecule has 0 aliphatic rings. The highest BCUT2D eigenvalue weighted by Gasteiger charge is 2.27. The highest BCUT2D eigenvalue weighted by molar-refractivity contribution is 5.67. The molecule has 0 spiro atoms. The fourth-order valence-electron chi connectivity index (χ4n) is 0.928. The molecule has 0 aliphatic heterocycles. The Kier molecular flexibility index (Phi) is 4.77. The van der Waals surface area contributed by atoms with Gasteiger partial charge in [0.1, 0.15) is 0 Å². The SMILES string of the molecule is COCC(C)(C)C(C)NC(=O)OC. The van der Waals surface area contributed by atoms with Gasteiger partial charge in [-0.1, -0.05) is 13.8 Å². The Hall–Kier alpha value is -0.770. The van der Waals surface area contributed by atoms with E-state index in [1.54, 1.807) is 7.11 Å². The molecule has 0 aromatic rings. The summed E-state index contributed by atoms with van der Waals surface area (Å²) in [6, 6.07) is 0.0138. The summed E-state index contributed by atoms with van der Waals surface area (Å²) in [7, 11) is 3.00. The fourth-order valence-corrected chi connectivity index (χ4v) is 0.928. The molecule has 1 amide bonds. The molecule has 0 rings (SSSR count). The summed E-state index contributed by atoms with van der Waals surface area (Å²) in [5.41, 5.74) is -0.0943. The maximum atomic E-state index is 10.9. The highest BCUT2D eigenvalue weighted by atomic mass is 16.5. The van der Waals surface area contributed by atoms with Crippen molar-refractivity contribution >= 4 is 6.09 Å². The average Bonchev–Trinajstić information content (AvgIpc) is 2.04. The van der Waals surface area contributed by atoms with Gasteiger partial charge in [-0.3, -0.25) is 0 Å². The molecule has 0 bridgehead atoms. The van der Waals surface area contributed by atoms with E-state index >= 15 is 0 Å². The van der Waals surface area contributed by atoms with Gasteiger partial charge in [0.15, 0.2) is 0 Å². The first-order chi connectivity index (χ1) is 5.94. The van der Waals surface area contributed by atoms with Crippen molar-refractivity contribution in [1.82, 2.24) is 5.32 Å². The van der Waals surface area contributed by atoms with Gasteiger partial charge < -0.3 is 14.8 Å². The second-order valence-electron chi connectivity index (χ2n) is 3.78. The molecular formula is C9H19NO3. The number of carbonyl (C=O) groups is 1. The summed E-state index contributed by atoms with van der Waals surface area (Å²) in [6.45, 7) is 6.57. The maximum Gasteiger partial charge on any atom is 0.407 e. The first-order valence-electron chi connectivity index (χ1n) is 4.27. The summed E-state index contributed by atoms with van der Waals surface area (Å²) < 4.78 is 9.55. The number of hydrogen-bond donors (Lipinski definition) is 1. The van der Waals surface area contributed by atoms with Crippen molar-refractivity contribution < 1.29 is 14.3 Å². The maximum absolute atomic E-state index is 10.9. The van der Waals surface area contributed by atoms with E-state index in [4.69, 9.17) is 4.74 Å². The van der Waals surface area contributed by atoms with Crippen LogP contribution in [-0.4, -0.2) is 33.0 Å². The Morgan fingerprint density at radius 3 is 2.38 bits per heavy atom. The summed E-state index contributed by atoms with van der Waals surface area (Å²) in [4.78, 5) is 10.9. The molecule has 0 radical (unpaired) electrons. The van der Waals surface area contributed by atoms with Crippen molar-refractivity contribution in [2.45, 2.75) is 26.8 Å². The Labute approximate surface area is 79.6 Å². The van der Waals surface area contributed by atoms with Crippen molar-refractivity contribution in [3.05, 3.63) is 0 Å². The lowest BCUT2D eigenvalue weighted by Gasteiger charge is -2.30. The molecule has 78 valence electrons. The van der Waals surface area contributed by atoms with Gasteiger partial charge in [0, 0.05) is 18.6 Å². The first kappa shape index (κ1) is 12.2. The number of nitrogens with one attached hydrogen (secondary N) is 1. The third-order valence-electron chi connectivity index (χ3n) is 2.21. The molecule has 0 aromatic carbocycles. The van der Waals surface area contributed by atoms with Crippen molar-refractivity contribution in [3.63, 3.8) is 0 Å². The van der Waals surface area contributed by atoms with Gasteiger partial charge in [-0.15, -0.1) is 0 Å². The highest BCUT2D eigenvalue weighted by Crippen LogP contribution is 2.20. The topological polar surface area (TPSA) is 47.6 Å². The third-order valence-corrected chi connectivity index (χ3v) is 2.21. The van der Waals surface area contributed by atoms with E-state index in [1.807, 2.05) is 20.8 Å². The summed E-state index contributed by atoms with van der Waals surface area (Å²) in [5.74, 6) is 0. The predicted octanol–water partition coefficient (Wildman–Crippen LogP) is 1.40. The van der Waals surface area contributed by atoms with Crippen molar-refractivity contribution in [2.75, 3.05) is 20.8 Å². The van der Waals surface area contributed by atoms with Crippen LogP contribution in [0.2, 0.25) is 0 Å². The van der Waals surface area contributed by atoms with Crippen LogP contribution in [0.15, 0.2) is 0 Å². The quantitative estimate of drug-likeness (QED) is 0.727. The van der Waals surface area contributed by atoms with Gasteiger partial charge in [0.05, 0.1) is 13.7 Å². The first-order valence-corrected chi connectivity index (χ1v) is 4.27. The van der Waals surface area contributed by atoms with E-state index in [1.165, 1.54) is 7.11 Å². The van der Waals surface area contributed by atoms with Crippen LogP contribution in [0.5, 0.6) is 0 Å². The normalized spacial score (nSPS) is 13.6. The number of amides is 1. The minimum absolute atomic E-state index is 0.0138. The summed E-state index contributed by atoms with van der Waals surface area (Å²) in [6.07, 6.45) is -0.406. The molecule has 13 heavy (non-hydrogen) atoms. The molecule has 0 aromatic heterocycles. The van der Waals surface area contributed by atoms with E-state index in [-0.39, 0.29) is 11.5 Å². The number of ether oxygens (including phenoxy) is 2. The molecule has 0 saturated heterocycles. The van der Waals surface area contributed by atoms with Crippen LogP contribution >= 0.6 is 0 Å².